The molecule has 86 valence electrons. The maximum Gasteiger partial charge on any atom is 0.128 e. The van der Waals surface area contributed by atoms with Crippen molar-refractivity contribution in [3.05, 3.63) is 59.8 Å². The fourth-order valence-electron chi connectivity index (χ4n) is 2.56. The number of pyridine rings is 1. The maximum absolute atomic E-state index is 4.41. The van der Waals surface area contributed by atoms with Gasteiger partial charge in [-0.2, -0.15) is 0 Å². The highest BCUT2D eigenvalue weighted by atomic mass is 15.2. The minimum Gasteiger partial charge on any atom is -0.356 e. The summed E-state index contributed by atoms with van der Waals surface area (Å²) in [6.45, 7) is 0. The van der Waals surface area contributed by atoms with E-state index in [1.165, 1.54) is 11.1 Å². The summed E-state index contributed by atoms with van der Waals surface area (Å²) in [4.78, 5) is 6.70. The minimum atomic E-state index is 0.544. The van der Waals surface area contributed by atoms with Gasteiger partial charge in [-0.3, -0.25) is 0 Å². The molecule has 17 heavy (non-hydrogen) atoms. The van der Waals surface area contributed by atoms with Gasteiger partial charge in [-0.05, 0) is 36.1 Å². The van der Waals surface area contributed by atoms with Gasteiger partial charge in [-0.1, -0.05) is 30.3 Å². The van der Waals surface area contributed by atoms with E-state index in [9.17, 15) is 0 Å². The lowest BCUT2D eigenvalue weighted by Gasteiger charge is -2.25. The summed E-state index contributed by atoms with van der Waals surface area (Å²) < 4.78 is 0. The van der Waals surface area contributed by atoms with Crippen LogP contribution in [0.5, 0.6) is 0 Å². The van der Waals surface area contributed by atoms with Gasteiger partial charge in [0.05, 0.1) is 0 Å². The fourth-order valence-corrected chi connectivity index (χ4v) is 2.56. The van der Waals surface area contributed by atoms with Gasteiger partial charge in [0.2, 0.25) is 0 Å². The number of fused-ring (bicyclic) bond motifs is 1. The number of rotatable bonds is 2. The molecule has 0 atom stereocenters. The highest BCUT2D eigenvalue weighted by Crippen LogP contribution is 2.26. The van der Waals surface area contributed by atoms with Crippen molar-refractivity contribution in [2.45, 2.75) is 18.9 Å². The number of aromatic nitrogens is 1. The Labute approximate surface area is 102 Å². The highest BCUT2D eigenvalue weighted by Gasteiger charge is 2.24. The molecule has 2 nitrogen and oxygen atoms in total. The van der Waals surface area contributed by atoms with Crippen LogP contribution in [0.25, 0.3) is 0 Å². The van der Waals surface area contributed by atoms with E-state index in [1.54, 1.807) is 0 Å². The average molecular weight is 224 g/mol. The molecule has 2 aromatic rings. The Hall–Kier alpha value is -1.83. The molecule has 2 heteroatoms. The van der Waals surface area contributed by atoms with Crippen molar-refractivity contribution in [2.24, 2.45) is 0 Å². The van der Waals surface area contributed by atoms with Gasteiger partial charge in [0.25, 0.3) is 0 Å². The lowest BCUT2D eigenvalue weighted by atomic mass is 10.1. The summed E-state index contributed by atoms with van der Waals surface area (Å²) in [5.74, 6) is 1.06. The smallest absolute Gasteiger partial charge is 0.128 e. The second-order valence-electron chi connectivity index (χ2n) is 4.63. The van der Waals surface area contributed by atoms with E-state index >= 15 is 0 Å². The molecular weight excluding hydrogens is 208 g/mol. The van der Waals surface area contributed by atoms with Crippen LogP contribution in [-0.4, -0.2) is 18.1 Å². The van der Waals surface area contributed by atoms with E-state index in [-0.39, 0.29) is 0 Å². The molecule has 1 aromatic carbocycles. The molecule has 1 aliphatic rings. The quantitative estimate of drug-likeness (QED) is 0.779. The highest BCUT2D eigenvalue weighted by molar-refractivity contribution is 5.43. The van der Waals surface area contributed by atoms with Gasteiger partial charge in [-0.15, -0.1) is 0 Å². The topological polar surface area (TPSA) is 16.1 Å². The molecule has 0 bridgehead atoms. The largest absolute Gasteiger partial charge is 0.356 e. The number of hydrogen-bond acceptors (Lipinski definition) is 2. The molecule has 1 heterocycles. The van der Waals surface area contributed by atoms with Crippen LogP contribution >= 0.6 is 0 Å². The fraction of sp³-hybridized carbons (Fsp3) is 0.267. The predicted octanol–water partition coefficient (Wildman–Crippen LogP) is 2.69. The Morgan fingerprint density at radius 1 is 1.00 bits per heavy atom. The third kappa shape index (κ3) is 1.91. The number of anilines is 1. The van der Waals surface area contributed by atoms with Gasteiger partial charge in [0, 0.05) is 19.3 Å². The van der Waals surface area contributed by atoms with Gasteiger partial charge in [-0.25, -0.2) is 4.98 Å². The van der Waals surface area contributed by atoms with E-state index in [1.807, 2.05) is 18.3 Å². The molecule has 0 amide bonds. The van der Waals surface area contributed by atoms with Crippen molar-refractivity contribution in [2.75, 3.05) is 11.9 Å². The predicted molar refractivity (Wildman–Crippen MR) is 70.3 cm³/mol. The van der Waals surface area contributed by atoms with Gasteiger partial charge in [0.15, 0.2) is 0 Å². The first-order valence-corrected chi connectivity index (χ1v) is 6.05. The molecule has 1 aromatic heterocycles. The molecular formula is C15H16N2. The van der Waals surface area contributed by atoms with E-state index in [4.69, 9.17) is 0 Å². The molecule has 3 rings (SSSR count). The molecule has 0 unspecified atom stereocenters. The van der Waals surface area contributed by atoms with Crippen molar-refractivity contribution >= 4 is 5.82 Å². The summed E-state index contributed by atoms with van der Waals surface area (Å²) >= 11 is 0. The van der Waals surface area contributed by atoms with Crippen LogP contribution in [0.15, 0.2) is 48.7 Å². The second kappa shape index (κ2) is 4.21. The molecule has 1 aliphatic carbocycles. The average Bonchev–Trinajstić information content (AvgIpc) is 2.82. The van der Waals surface area contributed by atoms with Crippen molar-refractivity contribution in [3.8, 4) is 0 Å². The van der Waals surface area contributed by atoms with E-state index in [2.05, 4.69) is 47.3 Å². The number of nitrogens with zero attached hydrogens (tertiary/aromatic N) is 2. The monoisotopic (exact) mass is 224 g/mol. The maximum atomic E-state index is 4.41. The van der Waals surface area contributed by atoms with Crippen LogP contribution in [0.3, 0.4) is 0 Å². The summed E-state index contributed by atoms with van der Waals surface area (Å²) in [7, 11) is 2.14. The SMILES string of the molecule is CN(c1ccccn1)C1Cc2ccccc2C1. The molecule has 0 fully saturated rings. The van der Waals surface area contributed by atoms with Crippen LogP contribution in [0.4, 0.5) is 5.82 Å². The molecule has 0 saturated heterocycles. The lowest BCUT2D eigenvalue weighted by Crippen LogP contribution is -2.32. The molecule has 0 spiro atoms. The molecule has 0 radical (unpaired) electrons. The second-order valence-corrected chi connectivity index (χ2v) is 4.63. The van der Waals surface area contributed by atoms with Crippen LogP contribution in [0.2, 0.25) is 0 Å². The first-order chi connectivity index (χ1) is 8.34. The van der Waals surface area contributed by atoms with Crippen molar-refractivity contribution in [1.82, 2.24) is 4.98 Å². The Bertz CT molecular complexity index is 482. The van der Waals surface area contributed by atoms with Gasteiger partial charge >= 0.3 is 0 Å². The summed E-state index contributed by atoms with van der Waals surface area (Å²) in [6.07, 6.45) is 4.11. The Morgan fingerprint density at radius 2 is 1.65 bits per heavy atom. The number of likely N-dealkylation sites (N-methyl/N-ethyl adjacent to an activating group) is 1. The van der Waals surface area contributed by atoms with Gasteiger partial charge < -0.3 is 4.90 Å². The van der Waals surface area contributed by atoms with Crippen molar-refractivity contribution in [3.63, 3.8) is 0 Å². The molecule has 0 aliphatic heterocycles. The van der Waals surface area contributed by atoms with Crippen molar-refractivity contribution in [1.29, 1.82) is 0 Å². The summed E-state index contributed by atoms with van der Waals surface area (Å²) in [5.41, 5.74) is 2.97. The summed E-state index contributed by atoms with van der Waals surface area (Å²) in [5, 5.41) is 0. The zero-order valence-corrected chi connectivity index (χ0v) is 10.0. The Balaban J connectivity index is 1.81. The Kier molecular flexibility index (Phi) is 2.56. The van der Waals surface area contributed by atoms with Crippen LogP contribution in [0.1, 0.15) is 11.1 Å². The Morgan fingerprint density at radius 3 is 2.24 bits per heavy atom. The zero-order chi connectivity index (χ0) is 11.7. The third-order valence-corrected chi connectivity index (χ3v) is 3.59. The number of hydrogen-bond donors (Lipinski definition) is 0. The third-order valence-electron chi connectivity index (χ3n) is 3.59. The lowest BCUT2D eigenvalue weighted by molar-refractivity contribution is 0.659. The van der Waals surface area contributed by atoms with E-state index < -0.39 is 0 Å². The summed E-state index contributed by atoms with van der Waals surface area (Å²) in [6, 6.07) is 15.3. The first-order valence-electron chi connectivity index (χ1n) is 6.05. The van der Waals surface area contributed by atoms with E-state index in [0.717, 1.165) is 18.7 Å². The van der Waals surface area contributed by atoms with E-state index in [0.29, 0.717) is 6.04 Å². The van der Waals surface area contributed by atoms with Crippen LogP contribution < -0.4 is 4.90 Å². The minimum absolute atomic E-state index is 0.544. The normalized spacial score (nSPS) is 14.6. The molecule has 0 N–H and O–H groups in total. The van der Waals surface area contributed by atoms with Crippen molar-refractivity contribution < 1.29 is 0 Å². The first kappa shape index (κ1) is 10.3. The standard InChI is InChI=1S/C15H16N2/c1-17(15-8-4-5-9-16-15)14-10-12-6-2-3-7-13(12)11-14/h2-9,14H,10-11H2,1H3. The van der Waals surface area contributed by atoms with Crippen LogP contribution in [-0.2, 0) is 12.8 Å². The molecule has 0 saturated carbocycles. The number of benzene rings is 1. The van der Waals surface area contributed by atoms with Crippen LogP contribution in [0, 0.1) is 0 Å². The van der Waals surface area contributed by atoms with Gasteiger partial charge in [0.1, 0.15) is 5.82 Å². The zero-order valence-electron chi connectivity index (χ0n) is 10.0.